The third-order valence-corrected chi connectivity index (χ3v) is 3.19. The number of hydrogen-bond acceptors (Lipinski definition) is 5. The maximum atomic E-state index is 5.66. The first-order valence-corrected chi connectivity index (χ1v) is 7.13. The van der Waals surface area contributed by atoms with Gasteiger partial charge in [-0.25, -0.2) is 0 Å². The van der Waals surface area contributed by atoms with Crippen molar-refractivity contribution < 1.29 is 14.2 Å². The summed E-state index contributed by atoms with van der Waals surface area (Å²) in [4.78, 5) is 0. The fourth-order valence-corrected chi connectivity index (χ4v) is 1.90. The second-order valence-electron chi connectivity index (χ2n) is 4.71. The Morgan fingerprint density at radius 2 is 2.10 bits per heavy atom. The molecule has 1 unspecified atom stereocenters. The Labute approximate surface area is 127 Å². The van der Waals surface area contributed by atoms with Gasteiger partial charge in [-0.05, 0) is 23.8 Å². The normalized spacial score (nSPS) is 16.5. The monoisotopic (exact) mass is 306 g/mol. The van der Waals surface area contributed by atoms with Crippen molar-refractivity contribution >= 4 is 11.6 Å². The van der Waals surface area contributed by atoms with Gasteiger partial charge in [0.1, 0.15) is 18.5 Å². The molecule has 110 valence electrons. The zero-order chi connectivity index (χ0) is 14.5. The quantitative estimate of drug-likeness (QED) is 0.736. The Kier molecular flexibility index (Phi) is 4.52. The largest absolute Gasteiger partial charge is 0.491 e. The van der Waals surface area contributed by atoms with E-state index < -0.39 is 0 Å². The number of benzene rings is 1. The van der Waals surface area contributed by atoms with Crippen LogP contribution in [-0.2, 0) is 11.2 Å². The molecule has 0 N–H and O–H groups in total. The summed E-state index contributed by atoms with van der Waals surface area (Å²) >= 11 is 5.66. The number of nitrogens with zero attached hydrogens (tertiary/aromatic N) is 2. The molecule has 3 rings (SSSR count). The van der Waals surface area contributed by atoms with E-state index in [1.807, 2.05) is 24.3 Å². The molecule has 1 saturated heterocycles. The maximum absolute atomic E-state index is 5.66. The molecule has 1 aliphatic rings. The Morgan fingerprint density at radius 1 is 1.19 bits per heavy atom. The lowest BCUT2D eigenvalue weighted by molar-refractivity contribution is 0.262. The lowest BCUT2D eigenvalue weighted by Gasteiger charge is -2.07. The standard InChI is InChI=1S/C15H15ClN2O3/c16-14-4-5-15(18-17-14)19-7-6-11-2-1-3-12(8-11)20-9-13-10-21-13/h1-5,8,13H,6-7,9-10H2. The molecule has 0 radical (unpaired) electrons. The van der Waals surface area contributed by atoms with Gasteiger partial charge in [-0.1, -0.05) is 23.7 Å². The number of hydrogen-bond donors (Lipinski definition) is 0. The Balaban J connectivity index is 1.47. The summed E-state index contributed by atoms with van der Waals surface area (Å²) < 4.78 is 16.3. The number of ether oxygens (including phenoxy) is 3. The van der Waals surface area contributed by atoms with Crippen LogP contribution < -0.4 is 9.47 Å². The summed E-state index contributed by atoms with van der Waals surface area (Å²) in [6.45, 7) is 1.93. The molecule has 2 heterocycles. The first-order chi connectivity index (χ1) is 10.3. The average Bonchev–Trinajstić information content (AvgIpc) is 3.32. The van der Waals surface area contributed by atoms with E-state index in [-0.39, 0.29) is 6.10 Å². The smallest absolute Gasteiger partial charge is 0.233 e. The van der Waals surface area contributed by atoms with Gasteiger partial charge >= 0.3 is 0 Å². The minimum absolute atomic E-state index is 0.264. The first kappa shape index (κ1) is 14.1. The lowest BCUT2D eigenvalue weighted by Crippen LogP contribution is -2.05. The Hall–Kier alpha value is -1.85. The van der Waals surface area contributed by atoms with Crippen LogP contribution >= 0.6 is 11.6 Å². The predicted octanol–water partition coefficient (Wildman–Crippen LogP) is 2.53. The highest BCUT2D eigenvalue weighted by Gasteiger charge is 2.22. The molecule has 0 spiro atoms. The second-order valence-corrected chi connectivity index (χ2v) is 5.09. The van der Waals surface area contributed by atoms with E-state index >= 15 is 0 Å². The van der Waals surface area contributed by atoms with Crippen LogP contribution in [0.5, 0.6) is 11.6 Å². The SMILES string of the molecule is Clc1ccc(OCCc2cccc(OCC3CO3)c2)nn1. The van der Waals surface area contributed by atoms with Crippen LogP contribution in [0.25, 0.3) is 0 Å². The Bertz CT molecular complexity index is 588. The van der Waals surface area contributed by atoms with E-state index in [4.69, 9.17) is 25.8 Å². The lowest BCUT2D eigenvalue weighted by atomic mass is 10.1. The number of halogens is 1. The average molecular weight is 307 g/mol. The van der Waals surface area contributed by atoms with E-state index in [2.05, 4.69) is 10.2 Å². The molecule has 5 nitrogen and oxygen atoms in total. The zero-order valence-electron chi connectivity index (χ0n) is 11.4. The van der Waals surface area contributed by atoms with Gasteiger partial charge in [-0.3, -0.25) is 0 Å². The summed E-state index contributed by atoms with van der Waals surface area (Å²) in [5.41, 5.74) is 1.14. The molecule has 0 saturated carbocycles. The summed E-state index contributed by atoms with van der Waals surface area (Å²) in [7, 11) is 0. The van der Waals surface area contributed by atoms with Gasteiger partial charge in [-0.15, -0.1) is 10.2 Å². The molecule has 1 fully saturated rings. The molecule has 0 amide bonds. The van der Waals surface area contributed by atoms with Crippen LogP contribution in [0, 0.1) is 0 Å². The van der Waals surface area contributed by atoms with E-state index in [0.29, 0.717) is 24.2 Å². The van der Waals surface area contributed by atoms with Crippen molar-refractivity contribution in [2.24, 2.45) is 0 Å². The van der Waals surface area contributed by atoms with Crippen LogP contribution in [0.2, 0.25) is 5.15 Å². The zero-order valence-corrected chi connectivity index (χ0v) is 12.1. The number of aromatic nitrogens is 2. The summed E-state index contributed by atoms with van der Waals surface area (Å²) in [5, 5.41) is 7.92. The minimum atomic E-state index is 0.264. The van der Waals surface area contributed by atoms with Crippen molar-refractivity contribution in [3.63, 3.8) is 0 Å². The van der Waals surface area contributed by atoms with Gasteiger partial charge in [0, 0.05) is 12.5 Å². The summed E-state index contributed by atoms with van der Waals surface area (Å²) in [6.07, 6.45) is 1.03. The fourth-order valence-electron chi connectivity index (χ4n) is 1.80. The highest BCUT2D eigenvalue weighted by atomic mass is 35.5. The summed E-state index contributed by atoms with van der Waals surface area (Å²) in [6, 6.07) is 11.3. The molecular weight excluding hydrogens is 292 g/mol. The highest BCUT2D eigenvalue weighted by molar-refractivity contribution is 6.29. The predicted molar refractivity (Wildman–Crippen MR) is 77.9 cm³/mol. The molecular formula is C15H15ClN2O3. The molecule has 1 aromatic carbocycles. The van der Waals surface area contributed by atoms with Gasteiger partial charge in [-0.2, -0.15) is 0 Å². The second kappa shape index (κ2) is 6.74. The molecule has 0 aliphatic carbocycles. The van der Waals surface area contributed by atoms with Crippen LogP contribution in [0.15, 0.2) is 36.4 Å². The minimum Gasteiger partial charge on any atom is -0.491 e. The summed E-state index contributed by atoms with van der Waals surface area (Å²) in [5.74, 6) is 1.33. The molecule has 1 aromatic heterocycles. The van der Waals surface area contributed by atoms with Crippen molar-refractivity contribution in [1.82, 2.24) is 10.2 Å². The maximum Gasteiger partial charge on any atom is 0.233 e. The topological polar surface area (TPSA) is 56.8 Å². The molecule has 1 aliphatic heterocycles. The number of rotatable bonds is 7. The van der Waals surface area contributed by atoms with Gasteiger partial charge < -0.3 is 14.2 Å². The van der Waals surface area contributed by atoms with Gasteiger partial charge in [0.2, 0.25) is 5.88 Å². The van der Waals surface area contributed by atoms with Crippen LogP contribution in [0.3, 0.4) is 0 Å². The van der Waals surface area contributed by atoms with E-state index in [1.54, 1.807) is 12.1 Å². The highest BCUT2D eigenvalue weighted by Crippen LogP contribution is 2.17. The van der Waals surface area contributed by atoms with Gasteiger partial charge in [0.05, 0.1) is 13.2 Å². The Morgan fingerprint density at radius 3 is 2.86 bits per heavy atom. The molecule has 21 heavy (non-hydrogen) atoms. The van der Waals surface area contributed by atoms with Crippen molar-refractivity contribution in [2.75, 3.05) is 19.8 Å². The van der Waals surface area contributed by atoms with Crippen molar-refractivity contribution in [2.45, 2.75) is 12.5 Å². The van der Waals surface area contributed by atoms with Crippen LogP contribution in [-0.4, -0.2) is 36.1 Å². The van der Waals surface area contributed by atoms with Crippen molar-refractivity contribution in [3.8, 4) is 11.6 Å². The first-order valence-electron chi connectivity index (χ1n) is 6.75. The molecule has 0 bridgehead atoms. The van der Waals surface area contributed by atoms with Crippen LogP contribution in [0.4, 0.5) is 0 Å². The number of epoxide rings is 1. The van der Waals surface area contributed by atoms with E-state index in [1.165, 1.54) is 0 Å². The third-order valence-electron chi connectivity index (χ3n) is 2.98. The van der Waals surface area contributed by atoms with E-state index in [9.17, 15) is 0 Å². The molecule has 1 atom stereocenters. The van der Waals surface area contributed by atoms with Gasteiger partial charge in [0.15, 0.2) is 5.15 Å². The van der Waals surface area contributed by atoms with E-state index in [0.717, 1.165) is 24.3 Å². The van der Waals surface area contributed by atoms with Gasteiger partial charge in [0.25, 0.3) is 0 Å². The fraction of sp³-hybridized carbons (Fsp3) is 0.333. The van der Waals surface area contributed by atoms with Crippen molar-refractivity contribution in [3.05, 3.63) is 47.1 Å². The van der Waals surface area contributed by atoms with Crippen LogP contribution in [0.1, 0.15) is 5.56 Å². The molecule has 2 aromatic rings. The van der Waals surface area contributed by atoms with Crippen molar-refractivity contribution in [1.29, 1.82) is 0 Å². The third kappa shape index (κ3) is 4.58. The molecule has 6 heteroatoms.